The number of anilines is 2. The van der Waals surface area contributed by atoms with Gasteiger partial charge in [0.25, 0.3) is 0 Å². The lowest BCUT2D eigenvalue weighted by Gasteiger charge is -2.27. The fourth-order valence-electron chi connectivity index (χ4n) is 3.67. The van der Waals surface area contributed by atoms with Crippen LogP contribution in [0, 0.1) is 0 Å². The zero-order valence-corrected chi connectivity index (χ0v) is 16.2. The molecule has 29 heavy (non-hydrogen) atoms. The molecule has 2 N–H and O–H groups in total. The Balaban J connectivity index is 1.57. The lowest BCUT2D eigenvalue weighted by atomic mass is 10.0. The maximum atomic E-state index is 5.84. The smallest absolute Gasteiger partial charge is 0.148 e. The zero-order valence-electron chi connectivity index (χ0n) is 16.2. The molecule has 0 aliphatic carbocycles. The number of rotatable bonds is 3. The molecule has 0 radical (unpaired) electrons. The molecule has 0 amide bonds. The van der Waals surface area contributed by atoms with Crippen LogP contribution in [0.15, 0.2) is 54.9 Å². The highest BCUT2D eigenvalue weighted by molar-refractivity contribution is 5.87. The first kappa shape index (κ1) is 17.6. The van der Waals surface area contributed by atoms with E-state index in [0.717, 1.165) is 71.2 Å². The molecule has 2 aromatic heterocycles. The Morgan fingerprint density at radius 2 is 1.72 bits per heavy atom. The normalized spacial score (nSPS) is 14.4. The number of aromatic nitrogens is 4. The first-order valence-electron chi connectivity index (χ1n) is 9.67. The van der Waals surface area contributed by atoms with Gasteiger partial charge in [0.15, 0.2) is 0 Å². The van der Waals surface area contributed by atoms with Crippen LogP contribution in [0.5, 0.6) is 0 Å². The number of ether oxygens (including phenoxy) is 1. The third-order valence-corrected chi connectivity index (χ3v) is 5.19. The molecule has 4 aromatic rings. The second kappa shape index (κ2) is 7.18. The molecular formula is C22H22N6O. The summed E-state index contributed by atoms with van der Waals surface area (Å²) in [5.41, 5.74) is 12.4. The van der Waals surface area contributed by atoms with Gasteiger partial charge in [0.2, 0.25) is 0 Å². The second-order valence-electron chi connectivity index (χ2n) is 7.22. The maximum absolute atomic E-state index is 5.84. The summed E-state index contributed by atoms with van der Waals surface area (Å²) in [6.45, 7) is 3.12. The Labute approximate surface area is 168 Å². The molecule has 3 heterocycles. The van der Waals surface area contributed by atoms with Crippen LogP contribution in [0.4, 0.5) is 11.5 Å². The molecule has 2 aromatic carbocycles. The first-order chi connectivity index (χ1) is 14.2. The van der Waals surface area contributed by atoms with E-state index in [1.807, 2.05) is 54.5 Å². The van der Waals surface area contributed by atoms with Crippen molar-refractivity contribution in [2.75, 3.05) is 36.9 Å². The minimum Gasteiger partial charge on any atom is -0.399 e. The van der Waals surface area contributed by atoms with E-state index >= 15 is 0 Å². The van der Waals surface area contributed by atoms with Crippen LogP contribution in [0.25, 0.3) is 33.4 Å². The number of benzene rings is 2. The fraction of sp³-hybridized carbons (Fsp3) is 0.227. The van der Waals surface area contributed by atoms with E-state index in [2.05, 4.69) is 27.1 Å². The van der Waals surface area contributed by atoms with E-state index in [1.165, 1.54) is 0 Å². The van der Waals surface area contributed by atoms with Crippen molar-refractivity contribution in [3.8, 4) is 22.4 Å². The molecule has 0 atom stereocenters. The van der Waals surface area contributed by atoms with Gasteiger partial charge < -0.3 is 15.4 Å². The standard InChI is InChI=1S/C22H22N6O/c1-27-14-18(22(26-27)15-2-5-17(23)6-3-15)16-4-7-19-20(12-16)25-21(13-24-19)28-8-10-29-11-9-28/h2-7,12-14H,8-11,23H2,1H3. The Hall–Kier alpha value is -3.45. The number of hydrogen-bond donors (Lipinski definition) is 1. The van der Waals surface area contributed by atoms with Gasteiger partial charge in [0, 0.05) is 43.1 Å². The number of nitrogens with zero attached hydrogens (tertiary/aromatic N) is 5. The number of nitrogens with two attached hydrogens (primary N) is 1. The van der Waals surface area contributed by atoms with Gasteiger partial charge in [0.1, 0.15) is 11.5 Å². The summed E-state index contributed by atoms with van der Waals surface area (Å²) < 4.78 is 7.28. The largest absolute Gasteiger partial charge is 0.399 e. The summed E-state index contributed by atoms with van der Waals surface area (Å²) >= 11 is 0. The van der Waals surface area contributed by atoms with Gasteiger partial charge in [-0.2, -0.15) is 5.10 Å². The molecule has 7 nitrogen and oxygen atoms in total. The van der Waals surface area contributed by atoms with Crippen molar-refractivity contribution in [2.24, 2.45) is 7.05 Å². The van der Waals surface area contributed by atoms with Crippen molar-refractivity contribution in [3.05, 3.63) is 54.9 Å². The van der Waals surface area contributed by atoms with Gasteiger partial charge in [0.05, 0.1) is 30.4 Å². The van der Waals surface area contributed by atoms with Gasteiger partial charge >= 0.3 is 0 Å². The number of fused-ring (bicyclic) bond motifs is 1. The third kappa shape index (κ3) is 3.40. The van der Waals surface area contributed by atoms with Crippen LogP contribution < -0.4 is 10.6 Å². The predicted octanol–water partition coefficient (Wildman–Crippen LogP) is 3.12. The molecule has 1 aliphatic rings. The Morgan fingerprint density at radius 3 is 2.52 bits per heavy atom. The van der Waals surface area contributed by atoms with Gasteiger partial charge in [-0.25, -0.2) is 4.98 Å². The van der Waals surface area contributed by atoms with Crippen molar-refractivity contribution in [1.82, 2.24) is 19.7 Å². The molecule has 7 heteroatoms. The minimum atomic E-state index is 0.723. The third-order valence-electron chi connectivity index (χ3n) is 5.19. The predicted molar refractivity (Wildman–Crippen MR) is 115 cm³/mol. The van der Waals surface area contributed by atoms with E-state index in [4.69, 9.17) is 15.5 Å². The maximum Gasteiger partial charge on any atom is 0.148 e. The van der Waals surface area contributed by atoms with Crippen molar-refractivity contribution in [2.45, 2.75) is 0 Å². The molecule has 0 bridgehead atoms. The molecule has 0 saturated carbocycles. The summed E-state index contributed by atoms with van der Waals surface area (Å²) in [5.74, 6) is 0.892. The van der Waals surface area contributed by atoms with E-state index in [1.54, 1.807) is 0 Å². The fourth-order valence-corrected chi connectivity index (χ4v) is 3.67. The number of morpholine rings is 1. The van der Waals surface area contributed by atoms with Crippen LogP contribution in [0.1, 0.15) is 0 Å². The van der Waals surface area contributed by atoms with Crippen molar-refractivity contribution in [3.63, 3.8) is 0 Å². The molecule has 1 aliphatic heterocycles. The SMILES string of the molecule is Cn1cc(-c2ccc3ncc(N4CCOCC4)nc3c2)c(-c2ccc(N)cc2)n1. The van der Waals surface area contributed by atoms with E-state index < -0.39 is 0 Å². The monoisotopic (exact) mass is 386 g/mol. The molecule has 5 rings (SSSR count). The van der Waals surface area contributed by atoms with Gasteiger partial charge in [-0.3, -0.25) is 9.67 Å². The highest BCUT2D eigenvalue weighted by atomic mass is 16.5. The van der Waals surface area contributed by atoms with Crippen molar-refractivity contribution < 1.29 is 4.74 Å². The molecule has 1 fully saturated rings. The van der Waals surface area contributed by atoms with Crippen molar-refractivity contribution in [1.29, 1.82) is 0 Å². The lowest BCUT2D eigenvalue weighted by Crippen LogP contribution is -2.36. The van der Waals surface area contributed by atoms with E-state index in [-0.39, 0.29) is 0 Å². The average molecular weight is 386 g/mol. The quantitative estimate of drug-likeness (QED) is 0.545. The minimum absolute atomic E-state index is 0.723. The van der Waals surface area contributed by atoms with Gasteiger partial charge in [-0.1, -0.05) is 18.2 Å². The van der Waals surface area contributed by atoms with Crippen LogP contribution in [0.2, 0.25) is 0 Å². The second-order valence-corrected chi connectivity index (χ2v) is 7.22. The summed E-state index contributed by atoms with van der Waals surface area (Å²) in [4.78, 5) is 11.7. The van der Waals surface area contributed by atoms with Crippen LogP contribution in [-0.4, -0.2) is 46.1 Å². The van der Waals surface area contributed by atoms with Gasteiger partial charge in [-0.05, 0) is 29.8 Å². The van der Waals surface area contributed by atoms with E-state index in [0.29, 0.717) is 0 Å². The zero-order chi connectivity index (χ0) is 19.8. The molecular weight excluding hydrogens is 364 g/mol. The summed E-state index contributed by atoms with van der Waals surface area (Å²) in [5, 5.41) is 4.68. The van der Waals surface area contributed by atoms with Crippen LogP contribution >= 0.6 is 0 Å². The molecule has 0 spiro atoms. The summed E-state index contributed by atoms with van der Waals surface area (Å²) in [6, 6.07) is 14.0. The van der Waals surface area contributed by atoms with E-state index in [9.17, 15) is 0 Å². The Morgan fingerprint density at radius 1 is 0.966 bits per heavy atom. The average Bonchev–Trinajstić information content (AvgIpc) is 3.16. The summed E-state index contributed by atoms with van der Waals surface area (Å²) in [7, 11) is 1.93. The number of nitrogen functional groups attached to an aromatic ring is 1. The number of aryl methyl sites for hydroxylation is 1. The van der Waals surface area contributed by atoms with Crippen LogP contribution in [0.3, 0.4) is 0 Å². The van der Waals surface area contributed by atoms with Crippen molar-refractivity contribution >= 4 is 22.5 Å². The number of hydrogen-bond acceptors (Lipinski definition) is 6. The highest BCUT2D eigenvalue weighted by Crippen LogP contribution is 2.32. The topological polar surface area (TPSA) is 82.1 Å². The molecule has 0 unspecified atom stereocenters. The lowest BCUT2D eigenvalue weighted by molar-refractivity contribution is 0.122. The Bertz CT molecular complexity index is 1160. The summed E-state index contributed by atoms with van der Waals surface area (Å²) in [6.07, 6.45) is 3.88. The first-order valence-corrected chi connectivity index (χ1v) is 9.67. The Kier molecular flexibility index (Phi) is 4.37. The van der Waals surface area contributed by atoms with Crippen LogP contribution in [-0.2, 0) is 11.8 Å². The molecule has 146 valence electrons. The highest BCUT2D eigenvalue weighted by Gasteiger charge is 2.16. The van der Waals surface area contributed by atoms with Gasteiger partial charge in [-0.15, -0.1) is 0 Å². The molecule has 1 saturated heterocycles.